The summed E-state index contributed by atoms with van der Waals surface area (Å²) in [4.78, 5) is 19.8. The first-order valence-electron chi connectivity index (χ1n) is 16.9. The molecule has 7 nitrogen and oxygen atoms in total. The Morgan fingerprint density at radius 3 is 1.67 bits per heavy atom. The van der Waals surface area contributed by atoms with Crippen LogP contribution in [0.4, 0.5) is 0 Å². The highest BCUT2D eigenvalue weighted by molar-refractivity contribution is 5.89. The van der Waals surface area contributed by atoms with Crippen LogP contribution in [-0.4, -0.2) is 33.6 Å². The normalized spacial score (nSPS) is 11.5. The minimum Gasteiger partial charge on any atom is -0.299 e. The number of para-hydroxylation sites is 6. The van der Waals surface area contributed by atoms with Gasteiger partial charge in [-0.15, -0.1) is 0 Å². The number of benzene rings is 6. The van der Waals surface area contributed by atoms with Crippen molar-refractivity contribution in [3.63, 3.8) is 0 Å². The summed E-state index contributed by atoms with van der Waals surface area (Å²) in [6.45, 7) is 0. The van der Waals surface area contributed by atoms with Crippen LogP contribution in [0.15, 0.2) is 176 Å². The lowest BCUT2D eigenvalue weighted by atomic mass is 10.0. The van der Waals surface area contributed by atoms with Gasteiger partial charge in [0.25, 0.3) is 0 Å². The lowest BCUT2D eigenvalue weighted by molar-refractivity contribution is 1.06. The van der Waals surface area contributed by atoms with Crippen molar-refractivity contribution in [3.8, 4) is 51.0 Å². The molecule has 0 radical (unpaired) electrons. The lowest BCUT2D eigenvalue weighted by Gasteiger charge is -2.18. The Bertz CT molecular complexity index is 2860. The van der Waals surface area contributed by atoms with Crippen molar-refractivity contribution in [2.45, 2.75) is 0 Å². The monoisotopic (exact) mass is 655 g/mol. The Labute approximate surface area is 293 Å². The maximum absolute atomic E-state index is 5.16. The third-order valence-electron chi connectivity index (χ3n) is 9.43. The van der Waals surface area contributed by atoms with Gasteiger partial charge in [0.15, 0.2) is 0 Å². The van der Waals surface area contributed by atoms with E-state index >= 15 is 0 Å². The molecule has 0 spiro atoms. The van der Waals surface area contributed by atoms with Crippen molar-refractivity contribution >= 4 is 33.1 Å². The first-order valence-corrected chi connectivity index (χ1v) is 16.9. The molecule has 0 fully saturated rings. The van der Waals surface area contributed by atoms with E-state index in [0.717, 1.165) is 84.1 Å². The van der Waals surface area contributed by atoms with E-state index < -0.39 is 0 Å². The average molecular weight is 656 g/mol. The summed E-state index contributed by atoms with van der Waals surface area (Å²) < 4.78 is 6.67. The predicted octanol–water partition coefficient (Wildman–Crippen LogP) is 10.1. The molecule has 0 aliphatic heterocycles. The van der Waals surface area contributed by atoms with Crippen molar-refractivity contribution in [1.29, 1.82) is 0 Å². The minimum absolute atomic E-state index is 0.869. The number of hydrogen-bond acceptors (Lipinski definition) is 4. The van der Waals surface area contributed by atoms with Crippen molar-refractivity contribution in [1.82, 2.24) is 33.6 Å². The molecule has 0 aliphatic carbocycles. The number of fused-ring (bicyclic) bond motifs is 3. The third kappa shape index (κ3) is 4.82. The van der Waals surface area contributed by atoms with Crippen LogP contribution in [0.25, 0.3) is 84.1 Å². The molecular formula is C44H29N7. The zero-order valence-electron chi connectivity index (χ0n) is 27.4. The van der Waals surface area contributed by atoms with Crippen LogP contribution in [0.3, 0.4) is 0 Å². The fourth-order valence-corrected chi connectivity index (χ4v) is 7.11. The Balaban J connectivity index is 1.28. The van der Waals surface area contributed by atoms with Gasteiger partial charge < -0.3 is 0 Å². The molecule has 0 aliphatic rings. The summed E-state index contributed by atoms with van der Waals surface area (Å²) in [5, 5.41) is 0. The van der Waals surface area contributed by atoms with Crippen molar-refractivity contribution in [2.75, 3.05) is 0 Å². The second kappa shape index (κ2) is 11.8. The standard InChI is InChI=1S/C44H29N7/c1-3-13-30(14-4-1)43-47-37-18-8-11-21-41(37)50(43)34-26-32(25-33(27-34)49-29-46-36-17-7-10-20-40(36)49)35-28-45-24-23-39(35)51-42-22-12-9-19-38(42)48-44(51)31-15-5-2-6-16-31/h1-29H. The van der Waals surface area contributed by atoms with Crippen LogP contribution in [0.2, 0.25) is 0 Å². The predicted molar refractivity (Wildman–Crippen MR) is 204 cm³/mol. The van der Waals surface area contributed by atoms with Gasteiger partial charge in [-0.05, 0) is 66.2 Å². The first-order chi connectivity index (χ1) is 25.3. The first kappa shape index (κ1) is 28.9. The highest BCUT2D eigenvalue weighted by atomic mass is 15.1. The smallest absolute Gasteiger partial charge is 0.145 e. The fourth-order valence-electron chi connectivity index (χ4n) is 7.11. The molecule has 7 heteroatoms. The molecule has 10 rings (SSSR count). The Kier molecular flexibility index (Phi) is 6.67. The van der Waals surface area contributed by atoms with E-state index in [1.807, 2.05) is 55.1 Å². The number of nitrogens with zero attached hydrogens (tertiary/aromatic N) is 7. The number of aromatic nitrogens is 7. The van der Waals surface area contributed by atoms with Crippen LogP contribution in [0.5, 0.6) is 0 Å². The molecule has 0 saturated heterocycles. The van der Waals surface area contributed by atoms with E-state index in [2.05, 4.69) is 135 Å². The molecule has 0 bridgehead atoms. The van der Waals surface area contributed by atoms with Gasteiger partial charge in [-0.3, -0.25) is 18.7 Å². The summed E-state index contributed by atoms with van der Waals surface area (Å²) in [6, 6.07) is 54.3. The van der Waals surface area contributed by atoms with Crippen molar-refractivity contribution < 1.29 is 0 Å². The maximum atomic E-state index is 5.16. The van der Waals surface area contributed by atoms with Crippen LogP contribution < -0.4 is 0 Å². The molecule has 0 unspecified atom stereocenters. The van der Waals surface area contributed by atoms with Gasteiger partial charge in [-0.1, -0.05) is 97.1 Å². The van der Waals surface area contributed by atoms with Crippen molar-refractivity contribution in [2.24, 2.45) is 0 Å². The summed E-state index contributed by atoms with van der Waals surface area (Å²) in [6.07, 6.45) is 5.71. The number of pyridine rings is 1. The largest absolute Gasteiger partial charge is 0.299 e. The molecule has 51 heavy (non-hydrogen) atoms. The topological polar surface area (TPSA) is 66.3 Å². The summed E-state index contributed by atoms with van der Waals surface area (Å²) >= 11 is 0. The van der Waals surface area contributed by atoms with Gasteiger partial charge in [0.1, 0.15) is 18.0 Å². The molecule has 4 aromatic heterocycles. The molecular weight excluding hydrogens is 627 g/mol. The van der Waals surface area contributed by atoms with E-state index in [9.17, 15) is 0 Å². The summed E-state index contributed by atoms with van der Waals surface area (Å²) in [7, 11) is 0. The molecule has 10 aromatic rings. The van der Waals surface area contributed by atoms with Crippen LogP contribution in [-0.2, 0) is 0 Å². The molecule has 0 atom stereocenters. The molecule has 0 saturated carbocycles. The highest BCUT2D eigenvalue weighted by Crippen LogP contribution is 2.37. The lowest BCUT2D eigenvalue weighted by Crippen LogP contribution is -2.04. The van der Waals surface area contributed by atoms with Gasteiger partial charge in [0.2, 0.25) is 0 Å². The molecule has 6 aromatic carbocycles. The number of rotatable bonds is 6. The van der Waals surface area contributed by atoms with E-state index in [1.165, 1.54) is 0 Å². The van der Waals surface area contributed by atoms with E-state index in [4.69, 9.17) is 19.9 Å². The van der Waals surface area contributed by atoms with E-state index in [-0.39, 0.29) is 0 Å². The van der Waals surface area contributed by atoms with Gasteiger partial charge in [0.05, 0.1) is 44.5 Å². The zero-order chi connectivity index (χ0) is 33.7. The van der Waals surface area contributed by atoms with Gasteiger partial charge in [-0.2, -0.15) is 0 Å². The number of hydrogen-bond donors (Lipinski definition) is 0. The Morgan fingerprint density at radius 1 is 0.431 bits per heavy atom. The average Bonchev–Trinajstić information content (AvgIpc) is 3.92. The van der Waals surface area contributed by atoms with E-state index in [0.29, 0.717) is 0 Å². The molecule has 0 N–H and O–H groups in total. The Hall–Kier alpha value is -7.12. The summed E-state index contributed by atoms with van der Waals surface area (Å²) in [5.41, 5.74) is 12.8. The van der Waals surface area contributed by atoms with E-state index in [1.54, 1.807) is 0 Å². The molecule has 240 valence electrons. The SMILES string of the molecule is c1ccc(-c2nc3ccccc3n2-c2cc(-c3cnccc3-n3c(-c4ccccc4)nc4ccccc43)cc(-n3cnc4ccccc43)c2)cc1. The van der Waals surface area contributed by atoms with Gasteiger partial charge >= 0.3 is 0 Å². The third-order valence-corrected chi connectivity index (χ3v) is 9.43. The van der Waals surface area contributed by atoms with Crippen LogP contribution >= 0.6 is 0 Å². The van der Waals surface area contributed by atoms with Gasteiger partial charge in [0, 0.05) is 34.8 Å². The highest BCUT2D eigenvalue weighted by Gasteiger charge is 2.21. The second-order valence-electron chi connectivity index (χ2n) is 12.5. The quantitative estimate of drug-likeness (QED) is 0.179. The zero-order valence-corrected chi connectivity index (χ0v) is 27.4. The maximum Gasteiger partial charge on any atom is 0.145 e. The van der Waals surface area contributed by atoms with Crippen LogP contribution in [0, 0.1) is 0 Å². The second-order valence-corrected chi connectivity index (χ2v) is 12.5. The fraction of sp³-hybridized carbons (Fsp3) is 0. The Morgan fingerprint density at radius 2 is 0.980 bits per heavy atom. The summed E-state index contributed by atoms with van der Waals surface area (Å²) in [5.74, 6) is 1.74. The van der Waals surface area contributed by atoms with Crippen molar-refractivity contribution in [3.05, 3.63) is 176 Å². The number of imidazole rings is 3. The van der Waals surface area contributed by atoms with Gasteiger partial charge in [-0.25, -0.2) is 15.0 Å². The molecule has 4 heterocycles. The van der Waals surface area contributed by atoms with Crippen LogP contribution in [0.1, 0.15) is 0 Å². The minimum atomic E-state index is 0.869. The molecule has 0 amide bonds.